The minimum atomic E-state index is -0.0190. The van der Waals surface area contributed by atoms with E-state index in [9.17, 15) is 0 Å². The lowest BCUT2D eigenvalue weighted by molar-refractivity contribution is -0.0429. The Kier molecular flexibility index (Phi) is 7.40. The van der Waals surface area contributed by atoms with Gasteiger partial charge in [0, 0.05) is 0 Å². The van der Waals surface area contributed by atoms with Crippen molar-refractivity contribution in [3.63, 3.8) is 0 Å². The van der Waals surface area contributed by atoms with Crippen LogP contribution in [-0.4, -0.2) is 0 Å². The summed E-state index contributed by atoms with van der Waals surface area (Å²) in [5, 5.41) is 0. The number of hydrogen-bond donors (Lipinski definition) is 1. The molecular formula is C25H27NO. The molecule has 2 atom stereocenters. The summed E-state index contributed by atoms with van der Waals surface area (Å²) in [6.07, 6.45) is 6.36. The Labute approximate surface area is 162 Å². The first-order valence-corrected chi connectivity index (χ1v) is 9.61. The van der Waals surface area contributed by atoms with Crippen LogP contribution in [0.3, 0.4) is 0 Å². The van der Waals surface area contributed by atoms with Crippen LogP contribution in [0.1, 0.15) is 48.6 Å². The molecule has 0 aliphatic carbocycles. The van der Waals surface area contributed by atoms with Crippen LogP contribution >= 0.6 is 0 Å². The molecule has 2 heteroatoms. The van der Waals surface area contributed by atoms with Crippen molar-refractivity contribution in [2.45, 2.75) is 31.9 Å². The van der Waals surface area contributed by atoms with Gasteiger partial charge in [0.1, 0.15) is 6.10 Å². The van der Waals surface area contributed by atoms with Crippen molar-refractivity contribution in [2.24, 2.45) is 0 Å². The lowest BCUT2D eigenvalue weighted by Gasteiger charge is -2.22. The third-order valence-corrected chi connectivity index (χ3v) is 4.50. The summed E-state index contributed by atoms with van der Waals surface area (Å²) in [5.74, 6) is 0. The quantitative estimate of drug-likeness (QED) is 0.441. The van der Waals surface area contributed by atoms with Gasteiger partial charge in [-0.3, -0.25) is 4.84 Å². The molecule has 0 aliphatic rings. The van der Waals surface area contributed by atoms with Crippen LogP contribution in [0.25, 0.3) is 6.08 Å². The molecule has 138 valence electrons. The SMILES string of the molecule is CCC[C@@H](ON[C@@H](/C=C/c1ccccc1)c1ccccc1)c1ccccc1. The molecule has 3 aromatic carbocycles. The summed E-state index contributed by atoms with van der Waals surface area (Å²) in [5.41, 5.74) is 6.85. The van der Waals surface area contributed by atoms with Gasteiger partial charge in [-0.25, -0.2) is 0 Å². The smallest absolute Gasteiger partial charge is 0.104 e. The lowest BCUT2D eigenvalue weighted by atomic mass is 10.0. The van der Waals surface area contributed by atoms with E-state index in [-0.39, 0.29) is 12.1 Å². The molecule has 0 saturated carbocycles. The van der Waals surface area contributed by atoms with Crippen LogP contribution in [-0.2, 0) is 4.84 Å². The first-order chi connectivity index (χ1) is 13.4. The molecule has 1 N–H and O–H groups in total. The van der Waals surface area contributed by atoms with Gasteiger partial charge in [-0.2, -0.15) is 5.48 Å². The first kappa shape index (κ1) is 19.1. The molecule has 0 heterocycles. The fourth-order valence-electron chi connectivity index (χ4n) is 3.03. The second kappa shape index (κ2) is 10.5. The Morgan fingerprint density at radius 1 is 0.778 bits per heavy atom. The standard InChI is InChI=1S/C25H27NO/c1-2-12-25(23-17-10-5-11-18-23)27-26-24(22-15-8-4-9-16-22)20-19-21-13-6-3-7-14-21/h3-11,13-20,24-26H,2,12H2,1H3/b20-19+/t24-,25+/m0/s1. The highest BCUT2D eigenvalue weighted by Gasteiger charge is 2.14. The molecule has 0 unspecified atom stereocenters. The third-order valence-electron chi connectivity index (χ3n) is 4.50. The maximum absolute atomic E-state index is 6.17. The predicted octanol–water partition coefficient (Wildman–Crippen LogP) is 6.50. The Hall–Kier alpha value is -2.68. The van der Waals surface area contributed by atoms with Crippen molar-refractivity contribution in [3.05, 3.63) is 114 Å². The minimum Gasteiger partial charge on any atom is -0.293 e. The Morgan fingerprint density at radius 3 is 1.93 bits per heavy atom. The van der Waals surface area contributed by atoms with Crippen molar-refractivity contribution >= 4 is 6.08 Å². The second-order valence-electron chi connectivity index (χ2n) is 6.58. The molecule has 27 heavy (non-hydrogen) atoms. The molecule has 2 nitrogen and oxygen atoms in total. The summed E-state index contributed by atoms with van der Waals surface area (Å²) in [6, 6.07) is 31.1. The zero-order valence-corrected chi connectivity index (χ0v) is 15.8. The third kappa shape index (κ3) is 5.92. The van der Waals surface area contributed by atoms with Gasteiger partial charge < -0.3 is 0 Å². The number of hydroxylamine groups is 1. The van der Waals surface area contributed by atoms with E-state index in [0.29, 0.717) is 0 Å². The van der Waals surface area contributed by atoms with E-state index in [1.807, 2.05) is 30.3 Å². The number of hydrogen-bond acceptors (Lipinski definition) is 2. The molecule has 0 aliphatic heterocycles. The first-order valence-electron chi connectivity index (χ1n) is 9.61. The zero-order valence-electron chi connectivity index (χ0n) is 15.8. The van der Waals surface area contributed by atoms with Gasteiger partial charge in [-0.05, 0) is 23.1 Å². The molecule has 0 radical (unpaired) electrons. The van der Waals surface area contributed by atoms with Gasteiger partial charge in [-0.1, -0.05) is 116 Å². The minimum absolute atomic E-state index is 0.0190. The molecule has 0 fully saturated rings. The maximum atomic E-state index is 6.17. The fraction of sp³-hybridized carbons (Fsp3) is 0.200. The van der Waals surface area contributed by atoms with E-state index in [2.05, 4.69) is 85.2 Å². The predicted molar refractivity (Wildman–Crippen MR) is 113 cm³/mol. The van der Waals surface area contributed by atoms with Crippen molar-refractivity contribution in [2.75, 3.05) is 0 Å². The van der Waals surface area contributed by atoms with Gasteiger partial charge in [-0.15, -0.1) is 0 Å². The molecule has 3 aromatic rings. The van der Waals surface area contributed by atoms with Gasteiger partial charge in [0.15, 0.2) is 0 Å². The Morgan fingerprint density at radius 2 is 1.33 bits per heavy atom. The topological polar surface area (TPSA) is 21.3 Å². The molecule has 0 saturated heterocycles. The average molecular weight is 357 g/mol. The van der Waals surface area contributed by atoms with E-state index >= 15 is 0 Å². The van der Waals surface area contributed by atoms with E-state index < -0.39 is 0 Å². The number of nitrogens with one attached hydrogen (secondary N) is 1. The van der Waals surface area contributed by atoms with Gasteiger partial charge in [0.05, 0.1) is 6.04 Å². The van der Waals surface area contributed by atoms with Crippen LogP contribution in [0.5, 0.6) is 0 Å². The largest absolute Gasteiger partial charge is 0.293 e. The summed E-state index contributed by atoms with van der Waals surface area (Å²) >= 11 is 0. The summed E-state index contributed by atoms with van der Waals surface area (Å²) in [7, 11) is 0. The number of benzene rings is 3. The summed E-state index contributed by atoms with van der Waals surface area (Å²) in [4.78, 5) is 6.17. The molecule has 0 spiro atoms. The summed E-state index contributed by atoms with van der Waals surface area (Å²) in [6.45, 7) is 2.18. The van der Waals surface area contributed by atoms with Crippen molar-refractivity contribution in [1.82, 2.24) is 5.48 Å². The maximum Gasteiger partial charge on any atom is 0.104 e. The fourth-order valence-corrected chi connectivity index (χ4v) is 3.03. The molecule has 0 bridgehead atoms. The van der Waals surface area contributed by atoms with Gasteiger partial charge in [0.2, 0.25) is 0 Å². The van der Waals surface area contributed by atoms with E-state index in [0.717, 1.165) is 12.8 Å². The monoisotopic (exact) mass is 357 g/mol. The van der Waals surface area contributed by atoms with Crippen LogP contribution < -0.4 is 5.48 Å². The highest BCUT2D eigenvalue weighted by Crippen LogP contribution is 2.24. The van der Waals surface area contributed by atoms with Crippen LogP contribution in [0.2, 0.25) is 0 Å². The van der Waals surface area contributed by atoms with E-state index in [4.69, 9.17) is 4.84 Å². The van der Waals surface area contributed by atoms with Crippen LogP contribution in [0, 0.1) is 0 Å². The summed E-state index contributed by atoms with van der Waals surface area (Å²) < 4.78 is 0. The average Bonchev–Trinajstić information content (AvgIpc) is 2.75. The lowest BCUT2D eigenvalue weighted by Crippen LogP contribution is -2.23. The molecular weight excluding hydrogens is 330 g/mol. The highest BCUT2D eigenvalue weighted by molar-refractivity contribution is 5.50. The van der Waals surface area contributed by atoms with Crippen molar-refractivity contribution in [1.29, 1.82) is 0 Å². The van der Waals surface area contributed by atoms with E-state index in [1.165, 1.54) is 16.7 Å². The molecule has 0 amide bonds. The van der Waals surface area contributed by atoms with Crippen LogP contribution in [0.4, 0.5) is 0 Å². The van der Waals surface area contributed by atoms with Crippen LogP contribution in [0.15, 0.2) is 97.1 Å². The van der Waals surface area contributed by atoms with Crippen molar-refractivity contribution < 1.29 is 4.84 Å². The van der Waals surface area contributed by atoms with Gasteiger partial charge in [0.25, 0.3) is 0 Å². The Bertz CT molecular complexity index is 800. The number of rotatable bonds is 9. The normalized spacial score (nSPS) is 13.5. The zero-order chi connectivity index (χ0) is 18.7. The highest BCUT2D eigenvalue weighted by atomic mass is 16.7. The second-order valence-corrected chi connectivity index (χ2v) is 6.58. The van der Waals surface area contributed by atoms with E-state index in [1.54, 1.807) is 0 Å². The molecule has 3 rings (SSSR count). The Balaban J connectivity index is 1.75. The van der Waals surface area contributed by atoms with Crippen molar-refractivity contribution in [3.8, 4) is 0 Å². The molecule has 0 aromatic heterocycles. The van der Waals surface area contributed by atoms with Gasteiger partial charge >= 0.3 is 0 Å².